The summed E-state index contributed by atoms with van der Waals surface area (Å²) >= 11 is 0. The predicted octanol–water partition coefficient (Wildman–Crippen LogP) is 3.34. The topological polar surface area (TPSA) is 38.7 Å². The van der Waals surface area contributed by atoms with E-state index in [0.29, 0.717) is 11.5 Å². The molecule has 1 N–H and O–H groups in total. The van der Waals surface area contributed by atoms with E-state index in [2.05, 4.69) is 0 Å². The van der Waals surface area contributed by atoms with Gasteiger partial charge >= 0.3 is 8.60 Å². The van der Waals surface area contributed by atoms with E-state index in [4.69, 9.17) is 9.05 Å². The highest BCUT2D eigenvalue weighted by atomic mass is 31.2. The highest BCUT2D eigenvalue weighted by Crippen LogP contribution is 2.53. The molecule has 2 aromatic rings. The first-order valence-electron chi connectivity index (χ1n) is 4.88. The van der Waals surface area contributed by atoms with Gasteiger partial charge in [0.25, 0.3) is 0 Å². The summed E-state index contributed by atoms with van der Waals surface area (Å²) in [4.78, 5) is 9.34. The van der Waals surface area contributed by atoms with Crippen LogP contribution < -0.4 is 9.05 Å². The molecule has 4 heteroatoms. The molecule has 0 saturated heterocycles. The number of hydrogen-bond acceptors (Lipinski definition) is 3. The van der Waals surface area contributed by atoms with Gasteiger partial charge in [-0.1, -0.05) is 42.5 Å². The second-order valence-corrected chi connectivity index (χ2v) is 4.26. The number of fused-ring (bicyclic) bond motifs is 1. The van der Waals surface area contributed by atoms with Gasteiger partial charge < -0.3 is 13.9 Å². The third-order valence-electron chi connectivity index (χ3n) is 2.41. The third kappa shape index (κ3) is 1.54. The van der Waals surface area contributed by atoms with Crippen molar-refractivity contribution < 1.29 is 13.9 Å². The number of rotatable bonds is 1. The van der Waals surface area contributed by atoms with Crippen LogP contribution >= 0.6 is 8.60 Å². The molecule has 0 aliphatic carbocycles. The summed E-state index contributed by atoms with van der Waals surface area (Å²) in [5.74, 6) is 1.23. The molecule has 0 fully saturated rings. The van der Waals surface area contributed by atoms with Crippen LogP contribution in [-0.2, 0) is 0 Å². The fraction of sp³-hybridized carbons (Fsp3) is 0. The highest BCUT2D eigenvalue weighted by Gasteiger charge is 2.27. The van der Waals surface area contributed by atoms with Gasteiger partial charge in [0.2, 0.25) is 0 Å². The van der Waals surface area contributed by atoms with Crippen LogP contribution in [0.2, 0.25) is 0 Å². The molecule has 1 unspecified atom stereocenters. The van der Waals surface area contributed by atoms with Crippen LogP contribution in [0.15, 0.2) is 48.5 Å². The first-order valence-corrected chi connectivity index (χ1v) is 6.01. The molecule has 1 heterocycles. The molecule has 1 aliphatic rings. The molecular weight excluding hydrogens is 223 g/mol. The molecule has 2 aromatic carbocycles. The summed E-state index contributed by atoms with van der Waals surface area (Å²) in [7, 11) is -1.80. The smallest absolute Gasteiger partial charge is 0.414 e. The Labute approximate surface area is 94.3 Å². The predicted molar refractivity (Wildman–Crippen MR) is 62.3 cm³/mol. The molecule has 0 spiro atoms. The molecule has 1 aliphatic heterocycles. The Bertz CT molecular complexity index is 513. The second kappa shape index (κ2) is 3.78. The lowest BCUT2D eigenvalue weighted by molar-refractivity contribution is 0.430. The molecule has 0 bridgehead atoms. The Hall–Kier alpha value is -1.57. The Morgan fingerprint density at radius 3 is 2.50 bits per heavy atom. The highest BCUT2D eigenvalue weighted by molar-refractivity contribution is 7.41. The Balaban J connectivity index is 2.14. The summed E-state index contributed by atoms with van der Waals surface area (Å²) in [5, 5.41) is 0. The monoisotopic (exact) mass is 232 g/mol. The van der Waals surface area contributed by atoms with E-state index in [9.17, 15) is 4.89 Å². The van der Waals surface area contributed by atoms with E-state index in [-0.39, 0.29) is 0 Å². The molecule has 0 aromatic heterocycles. The van der Waals surface area contributed by atoms with Crippen molar-refractivity contribution in [3.8, 4) is 22.6 Å². The van der Waals surface area contributed by atoms with Gasteiger partial charge in [0, 0.05) is 5.56 Å². The molecule has 1 atom stereocenters. The standard InChI is InChI=1S/C12H9O3P/c13-16-14-11-8-4-7-10(12(11)15-16)9-5-2-1-3-6-9/h1-8,13H. The molecule has 0 amide bonds. The van der Waals surface area contributed by atoms with Crippen molar-refractivity contribution in [1.29, 1.82) is 0 Å². The van der Waals surface area contributed by atoms with Crippen molar-refractivity contribution in [3.05, 3.63) is 48.5 Å². The fourth-order valence-electron chi connectivity index (χ4n) is 1.71. The zero-order valence-corrected chi connectivity index (χ0v) is 9.22. The summed E-state index contributed by atoms with van der Waals surface area (Å²) in [6, 6.07) is 15.5. The fourth-order valence-corrected chi connectivity index (χ4v) is 2.40. The van der Waals surface area contributed by atoms with Crippen molar-refractivity contribution in [1.82, 2.24) is 0 Å². The minimum atomic E-state index is -1.80. The van der Waals surface area contributed by atoms with Gasteiger partial charge in [-0.25, -0.2) is 0 Å². The van der Waals surface area contributed by atoms with Crippen LogP contribution in [0, 0.1) is 0 Å². The molecule has 0 saturated carbocycles. The largest absolute Gasteiger partial charge is 0.460 e. The Kier molecular flexibility index (Phi) is 2.28. The van der Waals surface area contributed by atoms with Crippen molar-refractivity contribution >= 4 is 8.60 Å². The van der Waals surface area contributed by atoms with Gasteiger partial charge in [0.15, 0.2) is 11.5 Å². The minimum Gasteiger partial charge on any atom is -0.414 e. The first-order chi connectivity index (χ1) is 7.84. The van der Waals surface area contributed by atoms with Gasteiger partial charge in [-0.15, -0.1) is 0 Å². The average molecular weight is 232 g/mol. The SMILES string of the molecule is OP1Oc2cccc(-c3ccccc3)c2O1. The quantitative estimate of drug-likeness (QED) is 0.766. The van der Waals surface area contributed by atoms with Gasteiger partial charge in [-0.2, -0.15) is 0 Å². The van der Waals surface area contributed by atoms with Gasteiger partial charge in [0.05, 0.1) is 0 Å². The van der Waals surface area contributed by atoms with E-state index in [0.717, 1.165) is 11.1 Å². The summed E-state index contributed by atoms with van der Waals surface area (Å²) < 4.78 is 10.5. The van der Waals surface area contributed by atoms with Crippen molar-refractivity contribution in [3.63, 3.8) is 0 Å². The van der Waals surface area contributed by atoms with Crippen molar-refractivity contribution in [2.45, 2.75) is 0 Å². The van der Waals surface area contributed by atoms with Crippen LogP contribution in [0.25, 0.3) is 11.1 Å². The summed E-state index contributed by atoms with van der Waals surface area (Å²) in [6.07, 6.45) is 0. The zero-order valence-electron chi connectivity index (χ0n) is 8.33. The zero-order chi connectivity index (χ0) is 11.0. The van der Waals surface area contributed by atoms with Gasteiger partial charge in [-0.3, -0.25) is 0 Å². The van der Waals surface area contributed by atoms with Crippen LogP contribution in [0.5, 0.6) is 11.5 Å². The lowest BCUT2D eigenvalue weighted by atomic mass is 10.0. The molecule has 80 valence electrons. The minimum absolute atomic E-state index is 0.606. The van der Waals surface area contributed by atoms with E-state index >= 15 is 0 Å². The van der Waals surface area contributed by atoms with Crippen molar-refractivity contribution in [2.75, 3.05) is 0 Å². The lowest BCUT2D eigenvalue weighted by Gasteiger charge is -2.04. The number of hydrogen-bond donors (Lipinski definition) is 1. The molecule has 3 rings (SSSR count). The van der Waals surface area contributed by atoms with E-state index in [1.165, 1.54) is 0 Å². The van der Waals surface area contributed by atoms with Crippen LogP contribution in [0.3, 0.4) is 0 Å². The molecular formula is C12H9O3P. The van der Waals surface area contributed by atoms with Gasteiger partial charge in [-0.05, 0) is 11.6 Å². The van der Waals surface area contributed by atoms with Crippen molar-refractivity contribution in [2.24, 2.45) is 0 Å². The molecule has 16 heavy (non-hydrogen) atoms. The average Bonchev–Trinajstić information content (AvgIpc) is 2.70. The Morgan fingerprint density at radius 2 is 1.69 bits per heavy atom. The number of benzene rings is 2. The van der Waals surface area contributed by atoms with Crippen LogP contribution in [0.1, 0.15) is 0 Å². The summed E-state index contributed by atoms with van der Waals surface area (Å²) in [5.41, 5.74) is 1.99. The molecule has 0 radical (unpaired) electrons. The Morgan fingerprint density at radius 1 is 0.875 bits per heavy atom. The maximum absolute atomic E-state index is 9.34. The lowest BCUT2D eigenvalue weighted by Crippen LogP contribution is -1.82. The number of para-hydroxylation sites is 1. The normalized spacial score (nSPS) is 17.4. The maximum Gasteiger partial charge on any atom is 0.460 e. The van der Waals surface area contributed by atoms with E-state index in [1.54, 1.807) is 6.07 Å². The van der Waals surface area contributed by atoms with Crippen LogP contribution in [0.4, 0.5) is 0 Å². The first kappa shape index (κ1) is 9.64. The molecule has 3 nitrogen and oxygen atoms in total. The maximum atomic E-state index is 9.34. The van der Waals surface area contributed by atoms with E-state index in [1.807, 2.05) is 42.5 Å². The van der Waals surface area contributed by atoms with E-state index < -0.39 is 8.60 Å². The summed E-state index contributed by atoms with van der Waals surface area (Å²) in [6.45, 7) is 0. The second-order valence-electron chi connectivity index (χ2n) is 3.42. The van der Waals surface area contributed by atoms with Gasteiger partial charge in [0.1, 0.15) is 0 Å². The third-order valence-corrected chi connectivity index (χ3v) is 3.10. The van der Waals surface area contributed by atoms with Crippen LogP contribution in [-0.4, -0.2) is 4.89 Å².